The summed E-state index contributed by atoms with van der Waals surface area (Å²) >= 11 is 0. The van der Waals surface area contributed by atoms with E-state index in [0.29, 0.717) is 18.4 Å². The Kier molecular flexibility index (Phi) is 4.66. The van der Waals surface area contributed by atoms with Crippen LogP contribution < -0.4 is 10.1 Å². The fourth-order valence-corrected chi connectivity index (χ4v) is 1.73. The van der Waals surface area contributed by atoms with Crippen LogP contribution in [0.1, 0.15) is 17.7 Å². The van der Waals surface area contributed by atoms with Crippen molar-refractivity contribution >= 4 is 5.95 Å². The molecule has 0 spiro atoms. The lowest BCUT2D eigenvalue weighted by Crippen LogP contribution is -2.04. The first kappa shape index (κ1) is 13.3. The maximum absolute atomic E-state index is 5.64. The van der Waals surface area contributed by atoms with Gasteiger partial charge in [-0.05, 0) is 37.5 Å². The number of hydrogen-bond donors (Lipinski definition) is 1. The standard InChI is InChI=1S/C14H18N4O/c1-11-10-13(18-14(15-2)17-11)19-9-3-4-12-5-7-16-8-6-12/h5-8,10H,3-4,9H2,1-2H3,(H,15,17,18). The number of hydrogen-bond acceptors (Lipinski definition) is 5. The lowest BCUT2D eigenvalue weighted by molar-refractivity contribution is 0.299. The van der Waals surface area contributed by atoms with Crippen LogP contribution in [0.3, 0.4) is 0 Å². The topological polar surface area (TPSA) is 59.9 Å². The quantitative estimate of drug-likeness (QED) is 0.805. The molecule has 0 aliphatic carbocycles. The molecular weight excluding hydrogens is 240 g/mol. The van der Waals surface area contributed by atoms with Gasteiger partial charge in [0.05, 0.1) is 6.61 Å². The summed E-state index contributed by atoms with van der Waals surface area (Å²) in [6.45, 7) is 2.56. The number of nitrogens with zero attached hydrogens (tertiary/aromatic N) is 3. The molecule has 0 aliphatic heterocycles. The van der Waals surface area contributed by atoms with Crippen molar-refractivity contribution in [2.45, 2.75) is 19.8 Å². The van der Waals surface area contributed by atoms with Gasteiger partial charge in [0, 0.05) is 31.2 Å². The molecule has 0 saturated carbocycles. The first-order valence-corrected chi connectivity index (χ1v) is 6.33. The molecule has 2 aromatic rings. The van der Waals surface area contributed by atoms with E-state index < -0.39 is 0 Å². The van der Waals surface area contributed by atoms with Gasteiger partial charge in [-0.25, -0.2) is 4.98 Å². The third kappa shape index (κ3) is 4.21. The van der Waals surface area contributed by atoms with E-state index in [9.17, 15) is 0 Å². The van der Waals surface area contributed by atoms with Crippen LogP contribution in [0.2, 0.25) is 0 Å². The van der Waals surface area contributed by atoms with Gasteiger partial charge in [0.25, 0.3) is 0 Å². The van der Waals surface area contributed by atoms with Crippen molar-refractivity contribution in [3.05, 3.63) is 41.9 Å². The number of rotatable bonds is 6. The molecule has 19 heavy (non-hydrogen) atoms. The molecule has 0 radical (unpaired) electrons. The van der Waals surface area contributed by atoms with Crippen LogP contribution in [0.15, 0.2) is 30.6 Å². The molecule has 0 aromatic carbocycles. The highest BCUT2D eigenvalue weighted by atomic mass is 16.5. The van der Waals surface area contributed by atoms with E-state index in [1.807, 2.05) is 37.5 Å². The Morgan fingerprint density at radius 2 is 2.00 bits per heavy atom. The van der Waals surface area contributed by atoms with Crippen molar-refractivity contribution in [2.75, 3.05) is 19.0 Å². The molecule has 5 heteroatoms. The Bertz CT molecular complexity index is 516. The summed E-state index contributed by atoms with van der Waals surface area (Å²) in [6.07, 6.45) is 5.54. The second kappa shape index (κ2) is 6.68. The van der Waals surface area contributed by atoms with Crippen LogP contribution in [0.4, 0.5) is 5.95 Å². The predicted octanol–water partition coefficient (Wildman–Crippen LogP) is 2.23. The number of aryl methyl sites for hydroxylation is 2. The summed E-state index contributed by atoms with van der Waals surface area (Å²) in [6, 6.07) is 5.88. The van der Waals surface area contributed by atoms with Gasteiger partial charge in [-0.2, -0.15) is 4.98 Å². The zero-order valence-electron chi connectivity index (χ0n) is 11.3. The minimum absolute atomic E-state index is 0.587. The van der Waals surface area contributed by atoms with Gasteiger partial charge in [0.2, 0.25) is 11.8 Å². The van der Waals surface area contributed by atoms with Crippen molar-refractivity contribution in [2.24, 2.45) is 0 Å². The van der Waals surface area contributed by atoms with Gasteiger partial charge >= 0.3 is 0 Å². The average Bonchev–Trinajstić information content (AvgIpc) is 2.44. The van der Waals surface area contributed by atoms with Crippen LogP contribution in [-0.4, -0.2) is 28.6 Å². The number of anilines is 1. The Balaban J connectivity index is 1.81. The largest absolute Gasteiger partial charge is 0.478 e. The lowest BCUT2D eigenvalue weighted by atomic mass is 10.1. The molecule has 0 amide bonds. The van der Waals surface area contributed by atoms with Crippen LogP contribution in [0, 0.1) is 6.92 Å². The van der Waals surface area contributed by atoms with E-state index >= 15 is 0 Å². The molecule has 0 unspecified atom stereocenters. The molecule has 0 bridgehead atoms. The molecule has 0 fully saturated rings. The van der Waals surface area contributed by atoms with Crippen molar-refractivity contribution in [1.82, 2.24) is 15.0 Å². The SMILES string of the molecule is CNc1nc(C)cc(OCCCc2ccncc2)n1. The summed E-state index contributed by atoms with van der Waals surface area (Å²) in [7, 11) is 1.79. The fourth-order valence-electron chi connectivity index (χ4n) is 1.73. The second-order valence-corrected chi connectivity index (χ2v) is 4.23. The average molecular weight is 258 g/mol. The van der Waals surface area contributed by atoms with Gasteiger partial charge in [-0.1, -0.05) is 0 Å². The number of nitrogens with one attached hydrogen (secondary N) is 1. The molecule has 2 aromatic heterocycles. The lowest BCUT2D eigenvalue weighted by Gasteiger charge is -2.07. The molecule has 100 valence electrons. The highest BCUT2D eigenvalue weighted by molar-refractivity contribution is 5.29. The maximum atomic E-state index is 5.64. The first-order chi connectivity index (χ1) is 9.28. The minimum atomic E-state index is 0.587. The Hall–Kier alpha value is -2.17. The highest BCUT2D eigenvalue weighted by Crippen LogP contribution is 2.12. The van der Waals surface area contributed by atoms with Crippen molar-refractivity contribution in [3.63, 3.8) is 0 Å². The highest BCUT2D eigenvalue weighted by Gasteiger charge is 2.01. The minimum Gasteiger partial charge on any atom is -0.478 e. The van der Waals surface area contributed by atoms with Gasteiger partial charge in [0.15, 0.2) is 0 Å². The van der Waals surface area contributed by atoms with E-state index in [2.05, 4.69) is 20.3 Å². The fraction of sp³-hybridized carbons (Fsp3) is 0.357. The molecule has 2 rings (SSSR count). The van der Waals surface area contributed by atoms with Crippen LogP contribution in [0.25, 0.3) is 0 Å². The maximum Gasteiger partial charge on any atom is 0.225 e. The zero-order valence-corrected chi connectivity index (χ0v) is 11.3. The molecule has 0 atom stereocenters. The monoisotopic (exact) mass is 258 g/mol. The number of ether oxygens (including phenoxy) is 1. The third-order valence-electron chi connectivity index (χ3n) is 2.66. The normalized spacial score (nSPS) is 10.2. The van der Waals surface area contributed by atoms with Crippen molar-refractivity contribution in [1.29, 1.82) is 0 Å². The second-order valence-electron chi connectivity index (χ2n) is 4.23. The molecule has 0 saturated heterocycles. The van der Waals surface area contributed by atoms with E-state index in [0.717, 1.165) is 18.5 Å². The molecule has 1 N–H and O–H groups in total. The summed E-state index contributed by atoms with van der Waals surface area (Å²) in [4.78, 5) is 12.5. The Morgan fingerprint density at radius 1 is 1.21 bits per heavy atom. The van der Waals surface area contributed by atoms with E-state index in [1.54, 1.807) is 7.05 Å². The Labute approximate surface area is 113 Å². The predicted molar refractivity (Wildman–Crippen MR) is 74.4 cm³/mol. The molecule has 2 heterocycles. The molecular formula is C14H18N4O. The summed E-state index contributed by atoms with van der Waals surface area (Å²) < 4.78 is 5.64. The molecule has 5 nitrogen and oxygen atoms in total. The summed E-state index contributed by atoms with van der Waals surface area (Å²) in [5.41, 5.74) is 2.16. The van der Waals surface area contributed by atoms with Crippen LogP contribution in [0.5, 0.6) is 5.88 Å². The van der Waals surface area contributed by atoms with E-state index in [1.165, 1.54) is 5.56 Å². The van der Waals surface area contributed by atoms with E-state index in [4.69, 9.17) is 4.74 Å². The number of aromatic nitrogens is 3. The van der Waals surface area contributed by atoms with Crippen LogP contribution in [-0.2, 0) is 6.42 Å². The van der Waals surface area contributed by atoms with Crippen molar-refractivity contribution < 1.29 is 4.74 Å². The summed E-state index contributed by atoms with van der Waals surface area (Å²) in [5.74, 6) is 1.20. The van der Waals surface area contributed by atoms with Crippen LogP contribution >= 0.6 is 0 Å². The van der Waals surface area contributed by atoms with Gasteiger partial charge in [-0.3, -0.25) is 4.98 Å². The van der Waals surface area contributed by atoms with Crippen molar-refractivity contribution in [3.8, 4) is 5.88 Å². The smallest absolute Gasteiger partial charge is 0.225 e. The summed E-state index contributed by atoms with van der Waals surface area (Å²) in [5, 5.41) is 2.92. The van der Waals surface area contributed by atoms with E-state index in [-0.39, 0.29) is 0 Å². The first-order valence-electron chi connectivity index (χ1n) is 6.33. The van der Waals surface area contributed by atoms with Gasteiger partial charge < -0.3 is 10.1 Å². The Morgan fingerprint density at radius 3 is 2.74 bits per heavy atom. The third-order valence-corrected chi connectivity index (χ3v) is 2.66. The zero-order chi connectivity index (χ0) is 13.5. The van der Waals surface area contributed by atoms with Gasteiger partial charge in [0.1, 0.15) is 0 Å². The molecule has 0 aliphatic rings. The number of pyridine rings is 1. The van der Waals surface area contributed by atoms with Gasteiger partial charge in [-0.15, -0.1) is 0 Å².